The predicted octanol–water partition coefficient (Wildman–Crippen LogP) is 3.39. The smallest absolute Gasteiger partial charge is 0.349 e. The van der Waals surface area contributed by atoms with Gasteiger partial charge in [-0.2, -0.15) is 0 Å². The quantitative estimate of drug-likeness (QED) is 0.673. The summed E-state index contributed by atoms with van der Waals surface area (Å²) in [5.74, 6) is -2.02. The number of halogens is 1. The summed E-state index contributed by atoms with van der Waals surface area (Å²) in [6, 6.07) is 13.5. The second-order valence-corrected chi connectivity index (χ2v) is 6.61. The zero-order valence-electron chi connectivity index (χ0n) is 14.2. The van der Waals surface area contributed by atoms with Crippen molar-refractivity contribution in [3.8, 4) is 0 Å². The number of hydrogen-bond donors (Lipinski definition) is 2. The van der Waals surface area contributed by atoms with Gasteiger partial charge in [0.1, 0.15) is 10.7 Å². The Labute approximate surface area is 157 Å². The highest BCUT2D eigenvalue weighted by Gasteiger charge is 2.27. The number of nitrogens with one attached hydrogen (secondary N) is 2. The van der Waals surface area contributed by atoms with Gasteiger partial charge >= 0.3 is 12.0 Å². The van der Waals surface area contributed by atoms with Gasteiger partial charge < -0.3 is 10.1 Å². The summed E-state index contributed by atoms with van der Waals surface area (Å²) in [6.07, 6.45) is -1.33. The molecule has 0 saturated carbocycles. The van der Waals surface area contributed by atoms with Crippen LogP contribution in [0.15, 0.2) is 54.6 Å². The van der Waals surface area contributed by atoms with E-state index in [9.17, 15) is 18.8 Å². The number of thiophene rings is 1. The highest BCUT2D eigenvalue weighted by atomic mass is 32.1. The van der Waals surface area contributed by atoms with Gasteiger partial charge in [-0.15, -0.1) is 11.3 Å². The summed E-state index contributed by atoms with van der Waals surface area (Å²) in [4.78, 5) is 36.6. The van der Waals surface area contributed by atoms with Crippen LogP contribution in [0.4, 0.5) is 9.18 Å². The molecule has 0 radical (unpaired) electrons. The van der Waals surface area contributed by atoms with E-state index in [1.165, 1.54) is 19.2 Å². The summed E-state index contributed by atoms with van der Waals surface area (Å²) < 4.78 is 19.8. The molecule has 3 aromatic rings. The van der Waals surface area contributed by atoms with Gasteiger partial charge in [0.25, 0.3) is 5.91 Å². The van der Waals surface area contributed by atoms with Crippen LogP contribution in [0.3, 0.4) is 0 Å². The molecule has 6 nitrogen and oxygen atoms in total. The van der Waals surface area contributed by atoms with Gasteiger partial charge in [-0.3, -0.25) is 10.1 Å². The Morgan fingerprint density at radius 2 is 1.81 bits per heavy atom. The molecule has 1 aromatic heterocycles. The minimum Gasteiger partial charge on any atom is -0.443 e. The van der Waals surface area contributed by atoms with Crippen LogP contribution in [-0.2, 0) is 9.53 Å². The van der Waals surface area contributed by atoms with Crippen LogP contribution in [0.1, 0.15) is 21.3 Å². The summed E-state index contributed by atoms with van der Waals surface area (Å²) >= 11 is 1.06. The second-order valence-electron chi connectivity index (χ2n) is 5.53. The Kier molecular flexibility index (Phi) is 5.46. The average molecular weight is 386 g/mol. The van der Waals surface area contributed by atoms with Gasteiger partial charge in [0, 0.05) is 22.7 Å². The molecular formula is C19H15FN2O4S. The van der Waals surface area contributed by atoms with Crippen molar-refractivity contribution in [2.75, 3.05) is 7.05 Å². The predicted molar refractivity (Wildman–Crippen MR) is 99.0 cm³/mol. The topological polar surface area (TPSA) is 84.5 Å². The van der Waals surface area contributed by atoms with Crippen molar-refractivity contribution in [3.63, 3.8) is 0 Å². The zero-order valence-corrected chi connectivity index (χ0v) is 15.0. The Morgan fingerprint density at radius 3 is 2.48 bits per heavy atom. The van der Waals surface area contributed by atoms with Crippen molar-refractivity contribution >= 4 is 39.3 Å². The van der Waals surface area contributed by atoms with Crippen LogP contribution in [0, 0.1) is 5.82 Å². The third-order valence-corrected chi connectivity index (χ3v) is 4.82. The van der Waals surface area contributed by atoms with Crippen LogP contribution in [0.2, 0.25) is 0 Å². The molecule has 0 bridgehead atoms. The van der Waals surface area contributed by atoms with Gasteiger partial charge in [-0.05, 0) is 18.2 Å². The molecule has 0 unspecified atom stereocenters. The number of amides is 3. The first-order valence-electron chi connectivity index (χ1n) is 7.96. The molecule has 27 heavy (non-hydrogen) atoms. The SMILES string of the molecule is CNC(=O)NC(=O)[C@H](OC(=O)c1cc2c(F)cccc2s1)c1ccccc1. The molecule has 138 valence electrons. The van der Waals surface area contributed by atoms with Crippen molar-refractivity contribution in [1.82, 2.24) is 10.6 Å². The molecule has 3 amide bonds. The molecule has 2 N–H and O–H groups in total. The highest BCUT2D eigenvalue weighted by molar-refractivity contribution is 7.20. The number of ether oxygens (including phenoxy) is 1. The van der Waals surface area contributed by atoms with Gasteiger partial charge in [0.05, 0.1) is 0 Å². The van der Waals surface area contributed by atoms with Crippen molar-refractivity contribution in [3.05, 3.63) is 70.9 Å². The lowest BCUT2D eigenvalue weighted by molar-refractivity contribution is -0.129. The van der Waals surface area contributed by atoms with Crippen molar-refractivity contribution in [2.45, 2.75) is 6.10 Å². The fraction of sp³-hybridized carbons (Fsp3) is 0.105. The van der Waals surface area contributed by atoms with Crippen LogP contribution in [-0.4, -0.2) is 25.0 Å². The lowest BCUT2D eigenvalue weighted by Crippen LogP contribution is -2.41. The van der Waals surface area contributed by atoms with Crippen LogP contribution >= 0.6 is 11.3 Å². The van der Waals surface area contributed by atoms with Crippen LogP contribution < -0.4 is 10.6 Å². The molecular weight excluding hydrogens is 371 g/mol. The van der Waals surface area contributed by atoms with Gasteiger partial charge in [0.2, 0.25) is 6.10 Å². The minimum absolute atomic E-state index is 0.156. The molecule has 8 heteroatoms. The third kappa shape index (κ3) is 4.12. The fourth-order valence-corrected chi connectivity index (χ4v) is 3.39. The van der Waals surface area contributed by atoms with E-state index in [-0.39, 0.29) is 4.88 Å². The van der Waals surface area contributed by atoms with E-state index in [1.54, 1.807) is 42.5 Å². The number of hydrogen-bond acceptors (Lipinski definition) is 5. The van der Waals surface area contributed by atoms with E-state index in [4.69, 9.17) is 4.74 Å². The van der Waals surface area contributed by atoms with Crippen LogP contribution in [0.5, 0.6) is 0 Å². The van der Waals surface area contributed by atoms with Crippen molar-refractivity contribution in [1.29, 1.82) is 0 Å². The summed E-state index contributed by atoms with van der Waals surface area (Å²) in [6.45, 7) is 0. The maximum absolute atomic E-state index is 13.8. The third-order valence-electron chi connectivity index (χ3n) is 3.74. The largest absolute Gasteiger partial charge is 0.443 e. The zero-order chi connectivity index (χ0) is 19.4. The number of esters is 1. The fourth-order valence-electron chi connectivity index (χ4n) is 2.43. The molecule has 0 aliphatic rings. The van der Waals surface area contributed by atoms with Gasteiger partial charge in [-0.1, -0.05) is 36.4 Å². The van der Waals surface area contributed by atoms with E-state index < -0.39 is 29.8 Å². The molecule has 0 spiro atoms. The first-order valence-corrected chi connectivity index (χ1v) is 8.78. The van der Waals surface area contributed by atoms with Crippen LogP contribution in [0.25, 0.3) is 10.1 Å². The maximum Gasteiger partial charge on any atom is 0.349 e. The Bertz CT molecular complexity index is 1000. The van der Waals surface area contributed by atoms with E-state index in [1.807, 2.05) is 0 Å². The standard InChI is InChI=1S/C19H15FN2O4S/c1-21-19(25)22-17(23)16(11-6-3-2-4-7-11)26-18(24)15-10-12-13(20)8-5-9-14(12)27-15/h2-10,16H,1H3,(H2,21,22,23,25)/t16-/m1/s1. The normalized spacial score (nSPS) is 11.6. The molecule has 0 fully saturated rings. The first kappa shape index (κ1) is 18.5. The van der Waals surface area contributed by atoms with E-state index in [2.05, 4.69) is 10.6 Å². The minimum atomic E-state index is -1.33. The van der Waals surface area contributed by atoms with Crippen molar-refractivity contribution < 1.29 is 23.5 Å². The summed E-state index contributed by atoms with van der Waals surface area (Å²) in [7, 11) is 1.36. The monoisotopic (exact) mass is 386 g/mol. The Balaban J connectivity index is 1.88. The number of rotatable bonds is 4. The average Bonchev–Trinajstić information content (AvgIpc) is 3.12. The molecule has 2 aromatic carbocycles. The molecule has 3 rings (SSSR count). The van der Waals surface area contributed by atoms with E-state index in [0.29, 0.717) is 15.6 Å². The lowest BCUT2D eigenvalue weighted by atomic mass is 10.1. The molecule has 0 aliphatic carbocycles. The lowest BCUT2D eigenvalue weighted by Gasteiger charge is -2.17. The molecule has 1 atom stereocenters. The number of carbonyl (C=O) groups is 3. The maximum atomic E-state index is 13.8. The van der Waals surface area contributed by atoms with Gasteiger partial charge in [-0.25, -0.2) is 14.0 Å². The van der Waals surface area contributed by atoms with E-state index >= 15 is 0 Å². The van der Waals surface area contributed by atoms with Gasteiger partial charge in [0.15, 0.2) is 0 Å². The molecule has 0 saturated heterocycles. The first-order chi connectivity index (χ1) is 13.0. The molecule has 1 heterocycles. The number of fused-ring (bicyclic) bond motifs is 1. The number of benzene rings is 2. The number of urea groups is 1. The molecule has 0 aliphatic heterocycles. The highest BCUT2D eigenvalue weighted by Crippen LogP contribution is 2.29. The summed E-state index contributed by atoms with van der Waals surface area (Å²) in [5.41, 5.74) is 0.402. The Morgan fingerprint density at radius 1 is 1.07 bits per heavy atom. The number of imide groups is 1. The van der Waals surface area contributed by atoms with E-state index in [0.717, 1.165) is 11.3 Å². The summed E-state index contributed by atoms with van der Waals surface area (Å²) in [5, 5.41) is 4.66. The van der Waals surface area contributed by atoms with Crippen molar-refractivity contribution in [2.24, 2.45) is 0 Å². The number of carbonyl (C=O) groups excluding carboxylic acids is 3. The Hall–Kier alpha value is -3.26. The second kappa shape index (κ2) is 7.96.